The summed E-state index contributed by atoms with van der Waals surface area (Å²) in [5.41, 5.74) is 1.03. The van der Waals surface area contributed by atoms with Gasteiger partial charge in [-0.3, -0.25) is 4.79 Å². The quantitative estimate of drug-likeness (QED) is 0.690. The molecule has 7 nitrogen and oxygen atoms in total. The lowest BCUT2D eigenvalue weighted by molar-refractivity contribution is -0.138. The van der Waals surface area contributed by atoms with Crippen LogP contribution in [0.2, 0.25) is 0 Å². The fourth-order valence-electron chi connectivity index (χ4n) is 4.17. The lowest BCUT2D eigenvalue weighted by Gasteiger charge is -2.40. The number of rotatable bonds is 3. The molecule has 2 aliphatic heterocycles. The predicted octanol–water partition coefficient (Wildman–Crippen LogP) is 2.14. The van der Waals surface area contributed by atoms with Gasteiger partial charge in [0.15, 0.2) is 0 Å². The van der Waals surface area contributed by atoms with E-state index < -0.39 is 27.8 Å². The van der Waals surface area contributed by atoms with Gasteiger partial charge in [0.25, 0.3) is 0 Å². The number of sulfonamides is 1. The van der Waals surface area contributed by atoms with Crippen LogP contribution in [0.15, 0.2) is 42.6 Å². The third-order valence-corrected chi connectivity index (χ3v) is 7.14. The summed E-state index contributed by atoms with van der Waals surface area (Å²) in [6.45, 7) is 1.61. The molecule has 4 rings (SSSR count). The van der Waals surface area contributed by atoms with E-state index in [2.05, 4.69) is 4.98 Å². The molecular formula is C21H23F3N4O3S. The number of hydrogen-bond donors (Lipinski definition) is 0. The van der Waals surface area contributed by atoms with E-state index in [1.165, 1.54) is 10.4 Å². The highest BCUT2D eigenvalue weighted by Crippen LogP contribution is 2.30. The largest absolute Gasteiger partial charge is 0.417 e. The lowest BCUT2D eigenvalue weighted by atomic mass is 9.95. The van der Waals surface area contributed by atoms with Crippen LogP contribution < -0.4 is 4.90 Å². The number of aromatic nitrogens is 1. The van der Waals surface area contributed by atoms with Gasteiger partial charge < -0.3 is 9.80 Å². The van der Waals surface area contributed by atoms with E-state index in [9.17, 15) is 26.4 Å². The Bertz CT molecular complexity index is 1100. The van der Waals surface area contributed by atoms with Crippen LogP contribution in [0.3, 0.4) is 0 Å². The number of carbonyl (C=O) groups excluding carboxylic acids is 1. The summed E-state index contributed by atoms with van der Waals surface area (Å²) in [5.74, 6) is 0.152. The second kappa shape index (κ2) is 8.36. The van der Waals surface area contributed by atoms with E-state index >= 15 is 0 Å². The molecule has 0 saturated carbocycles. The predicted molar refractivity (Wildman–Crippen MR) is 112 cm³/mol. The molecule has 1 amide bonds. The number of amides is 1. The lowest BCUT2D eigenvalue weighted by Crippen LogP contribution is -2.57. The van der Waals surface area contributed by atoms with Crippen molar-refractivity contribution in [3.63, 3.8) is 0 Å². The van der Waals surface area contributed by atoms with Crippen molar-refractivity contribution in [1.82, 2.24) is 14.2 Å². The summed E-state index contributed by atoms with van der Waals surface area (Å²) in [6.07, 6.45) is -2.23. The van der Waals surface area contributed by atoms with Crippen LogP contribution in [0.25, 0.3) is 0 Å². The molecule has 0 bridgehead atoms. The monoisotopic (exact) mass is 468 g/mol. The normalized spacial score (nSPS) is 20.2. The van der Waals surface area contributed by atoms with E-state index in [1.54, 1.807) is 4.90 Å². The topological polar surface area (TPSA) is 73.8 Å². The highest BCUT2D eigenvalue weighted by atomic mass is 32.2. The van der Waals surface area contributed by atoms with Crippen LogP contribution in [0, 0.1) is 0 Å². The molecule has 0 radical (unpaired) electrons. The molecule has 11 heteroatoms. The Morgan fingerprint density at radius 2 is 1.69 bits per heavy atom. The Kier molecular flexibility index (Phi) is 5.89. The summed E-state index contributed by atoms with van der Waals surface area (Å²) in [4.78, 5) is 20.6. The maximum Gasteiger partial charge on any atom is 0.417 e. The molecule has 1 atom stereocenters. The van der Waals surface area contributed by atoms with Gasteiger partial charge in [-0.1, -0.05) is 24.3 Å². The van der Waals surface area contributed by atoms with E-state index in [4.69, 9.17) is 0 Å². The van der Waals surface area contributed by atoms with E-state index in [0.29, 0.717) is 38.4 Å². The molecule has 0 unspecified atom stereocenters. The Balaban J connectivity index is 1.45. The highest BCUT2D eigenvalue weighted by molar-refractivity contribution is 7.88. The average molecular weight is 469 g/mol. The minimum Gasteiger partial charge on any atom is -0.353 e. The number of carbonyl (C=O) groups is 1. The zero-order chi connectivity index (χ0) is 23.1. The van der Waals surface area contributed by atoms with Crippen LogP contribution in [0.4, 0.5) is 19.0 Å². The van der Waals surface area contributed by atoms with Crippen molar-refractivity contribution in [3.05, 3.63) is 59.3 Å². The summed E-state index contributed by atoms with van der Waals surface area (Å²) in [7, 11) is -3.60. The zero-order valence-corrected chi connectivity index (χ0v) is 18.2. The summed E-state index contributed by atoms with van der Waals surface area (Å²) in [5, 5.41) is 0. The van der Waals surface area contributed by atoms with E-state index in [1.807, 2.05) is 29.2 Å². The molecule has 0 aliphatic carbocycles. The highest BCUT2D eigenvalue weighted by Gasteiger charge is 2.39. The molecule has 1 aromatic carbocycles. The van der Waals surface area contributed by atoms with Gasteiger partial charge >= 0.3 is 6.18 Å². The van der Waals surface area contributed by atoms with Crippen molar-refractivity contribution < 1.29 is 26.4 Å². The molecule has 172 valence electrons. The molecule has 1 aromatic heterocycles. The van der Waals surface area contributed by atoms with Crippen LogP contribution in [0.1, 0.15) is 16.7 Å². The van der Waals surface area contributed by atoms with Crippen molar-refractivity contribution >= 4 is 21.7 Å². The number of benzene rings is 1. The minimum absolute atomic E-state index is 0.154. The molecule has 2 aliphatic rings. The summed E-state index contributed by atoms with van der Waals surface area (Å²) >= 11 is 0. The Hall–Kier alpha value is -2.66. The number of hydrogen-bond acceptors (Lipinski definition) is 5. The van der Waals surface area contributed by atoms with Gasteiger partial charge in [0, 0.05) is 38.9 Å². The van der Waals surface area contributed by atoms with Gasteiger partial charge in [-0.25, -0.2) is 13.4 Å². The van der Waals surface area contributed by atoms with Crippen LogP contribution in [0.5, 0.6) is 0 Å². The third kappa shape index (κ3) is 4.58. The zero-order valence-electron chi connectivity index (χ0n) is 17.4. The van der Waals surface area contributed by atoms with Gasteiger partial charge in [0.1, 0.15) is 11.9 Å². The van der Waals surface area contributed by atoms with Crippen molar-refractivity contribution in [1.29, 1.82) is 0 Å². The fraction of sp³-hybridized carbons (Fsp3) is 0.429. The number of alkyl halides is 3. The number of piperazine rings is 1. The number of anilines is 1. The first-order chi connectivity index (χ1) is 15.0. The molecule has 3 heterocycles. The minimum atomic E-state index is -4.44. The van der Waals surface area contributed by atoms with Gasteiger partial charge in [-0.2, -0.15) is 17.5 Å². The first-order valence-corrected chi connectivity index (χ1v) is 12.0. The average Bonchev–Trinajstić information content (AvgIpc) is 2.77. The number of pyridine rings is 1. The van der Waals surface area contributed by atoms with Crippen molar-refractivity contribution in [3.8, 4) is 0 Å². The number of fused-ring (bicyclic) bond motifs is 1. The van der Waals surface area contributed by atoms with Crippen molar-refractivity contribution in [2.45, 2.75) is 25.2 Å². The van der Waals surface area contributed by atoms with Crippen molar-refractivity contribution in [2.75, 3.05) is 37.3 Å². The first-order valence-electron chi connectivity index (χ1n) is 10.1. The summed E-state index contributed by atoms with van der Waals surface area (Å²) in [6, 6.07) is 8.98. The third-order valence-electron chi connectivity index (χ3n) is 5.91. The maximum atomic E-state index is 13.3. The second-order valence-corrected chi connectivity index (χ2v) is 9.95. The Morgan fingerprint density at radius 1 is 1.03 bits per heavy atom. The van der Waals surface area contributed by atoms with E-state index in [-0.39, 0.29) is 12.5 Å². The molecular weight excluding hydrogens is 445 g/mol. The summed E-state index contributed by atoms with van der Waals surface area (Å²) < 4.78 is 64.3. The molecule has 0 N–H and O–H groups in total. The van der Waals surface area contributed by atoms with Crippen LogP contribution in [-0.4, -0.2) is 67.0 Å². The van der Waals surface area contributed by atoms with Gasteiger partial charge in [-0.15, -0.1) is 0 Å². The standard InChI is InChI=1S/C21H23F3N4O3S/c1-32(30,31)28-14-16-5-3-2-4-15(16)12-18(28)20(29)27-10-8-26(9-11-27)19-7-6-17(13-25-19)21(22,23)24/h2-7,13,18H,8-12,14H2,1H3/t18-/m0/s1. The Labute approximate surface area is 184 Å². The molecule has 0 spiro atoms. The molecule has 1 fully saturated rings. The Morgan fingerprint density at radius 3 is 2.25 bits per heavy atom. The number of nitrogens with zero attached hydrogens (tertiary/aromatic N) is 4. The fourth-order valence-corrected chi connectivity index (χ4v) is 5.17. The van der Waals surface area contributed by atoms with Crippen LogP contribution >= 0.6 is 0 Å². The van der Waals surface area contributed by atoms with Crippen LogP contribution in [-0.2, 0) is 34.0 Å². The smallest absolute Gasteiger partial charge is 0.353 e. The first kappa shape index (κ1) is 22.5. The van der Waals surface area contributed by atoms with Gasteiger partial charge in [0.2, 0.25) is 15.9 Å². The number of halogens is 3. The molecule has 2 aromatic rings. The SMILES string of the molecule is CS(=O)(=O)N1Cc2ccccc2C[C@H]1C(=O)N1CCN(c2ccc(C(F)(F)F)cn2)CC1. The van der Waals surface area contributed by atoms with Crippen molar-refractivity contribution in [2.24, 2.45) is 0 Å². The van der Waals surface area contributed by atoms with E-state index in [0.717, 1.165) is 29.6 Å². The van der Waals surface area contributed by atoms with Gasteiger partial charge in [0.05, 0.1) is 11.8 Å². The maximum absolute atomic E-state index is 13.3. The molecule has 32 heavy (non-hydrogen) atoms. The van der Waals surface area contributed by atoms with Gasteiger partial charge in [-0.05, 0) is 29.7 Å². The second-order valence-electron chi connectivity index (χ2n) is 8.01. The molecule has 1 saturated heterocycles.